The standard InChI is InChI=1S/C23H31N3O2.2ClH/c1-4-24-13-21-7-5-6-8-22(21)25-23(27)20-11-9-19(10-12-20)16-26-14-17(2)28-18(3)15-26;;/h5-12,17-18,24H,4,13-16H2,1-3H3,(H,25,27);2*1H. The van der Waals surface area contributed by atoms with Crippen LogP contribution < -0.4 is 10.6 Å². The van der Waals surface area contributed by atoms with Gasteiger partial charge >= 0.3 is 0 Å². The highest BCUT2D eigenvalue weighted by molar-refractivity contribution is 6.04. The fourth-order valence-electron chi connectivity index (χ4n) is 3.68. The van der Waals surface area contributed by atoms with Gasteiger partial charge in [-0.05, 0) is 49.7 Å². The molecule has 0 spiro atoms. The third-order valence-corrected chi connectivity index (χ3v) is 4.95. The first-order valence-corrected chi connectivity index (χ1v) is 10.1. The molecule has 1 heterocycles. The summed E-state index contributed by atoms with van der Waals surface area (Å²) in [5, 5.41) is 6.35. The van der Waals surface area contributed by atoms with Crippen molar-refractivity contribution in [3.8, 4) is 0 Å². The summed E-state index contributed by atoms with van der Waals surface area (Å²) in [6.45, 7) is 10.7. The summed E-state index contributed by atoms with van der Waals surface area (Å²) in [5.41, 5.74) is 3.83. The van der Waals surface area contributed by atoms with Gasteiger partial charge < -0.3 is 15.4 Å². The number of hydrogen-bond donors (Lipinski definition) is 2. The van der Waals surface area contributed by atoms with Crippen LogP contribution in [-0.2, 0) is 17.8 Å². The van der Waals surface area contributed by atoms with Gasteiger partial charge in [0.1, 0.15) is 0 Å². The van der Waals surface area contributed by atoms with Gasteiger partial charge in [-0.3, -0.25) is 9.69 Å². The molecular weight excluding hydrogens is 421 g/mol. The Bertz CT molecular complexity index is 776. The molecular formula is C23H33Cl2N3O2. The minimum atomic E-state index is -0.0795. The first kappa shape index (κ1) is 26.4. The second-order valence-electron chi connectivity index (χ2n) is 7.54. The van der Waals surface area contributed by atoms with E-state index in [1.54, 1.807) is 0 Å². The molecule has 2 N–H and O–H groups in total. The number of rotatable bonds is 7. The minimum absolute atomic E-state index is 0. The van der Waals surface area contributed by atoms with Gasteiger partial charge in [-0.2, -0.15) is 0 Å². The number of anilines is 1. The molecule has 2 unspecified atom stereocenters. The molecule has 1 saturated heterocycles. The Balaban J connectivity index is 0.00000225. The lowest BCUT2D eigenvalue weighted by atomic mass is 10.1. The van der Waals surface area contributed by atoms with Crippen molar-refractivity contribution in [2.24, 2.45) is 0 Å². The lowest BCUT2D eigenvalue weighted by Crippen LogP contribution is -2.44. The van der Waals surface area contributed by atoms with Crippen LogP contribution in [0.15, 0.2) is 48.5 Å². The summed E-state index contributed by atoms with van der Waals surface area (Å²) in [6, 6.07) is 15.8. The Hall–Kier alpha value is -1.63. The molecule has 2 atom stereocenters. The van der Waals surface area contributed by atoms with E-state index in [0.717, 1.165) is 44.0 Å². The molecule has 1 aliphatic heterocycles. The largest absolute Gasteiger partial charge is 0.373 e. The number of halogens is 2. The molecule has 2 aromatic carbocycles. The van der Waals surface area contributed by atoms with E-state index in [-0.39, 0.29) is 42.9 Å². The predicted molar refractivity (Wildman–Crippen MR) is 128 cm³/mol. The maximum atomic E-state index is 12.7. The zero-order valence-corrected chi connectivity index (χ0v) is 19.5. The van der Waals surface area contributed by atoms with Gasteiger partial charge in [0.25, 0.3) is 5.91 Å². The van der Waals surface area contributed by atoms with Crippen LogP contribution in [0.1, 0.15) is 42.3 Å². The Morgan fingerprint density at radius 3 is 2.30 bits per heavy atom. The van der Waals surface area contributed by atoms with Crippen molar-refractivity contribution in [1.82, 2.24) is 10.2 Å². The quantitative estimate of drug-likeness (QED) is 0.647. The molecule has 7 heteroatoms. The van der Waals surface area contributed by atoms with Gasteiger partial charge in [0.2, 0.25) is 0 Å². The number of nitrogens with zero attached hydrogens (tertiary/aromatic N) is 1. The molecule has 1 fully saturated rings. The summed E-state index contributed by atoms with van der Waals surface area (Å²) in [5.74, 6) is -0.0795. The van der Waals surface area contributed by atoms with Gasteiger partial charge in [0.05, 0.1) is 12.2 Å². The number of ether oxygens (including phenoxy) is 1. The Labute approximate surface area is 192 Å². The molecule has 166 valence electrons. The van der Waals surface area contributed by atoms with Gasteiger partial charge in [-0.1, -0.05) is 37.3 Å². The van der Waals surface area contributed by atoms with Gasteiger partial charge in [-0.25, -0.2) is 0 Å². The van der Waals surface area contributed by atoms with Crippen molar-refractivity contribution in [1.29, 1.82) is 0 Å². The van der Waals surface area contributed by atoms with E-state index in [0.29, 0.717) is 5.56 Å². The Kier molecular flexibility index (Phi) is 11.4. The molecule has 30 heavy (non-hydrogen) atoms. The number of para-hydroxylation sites is 1. The lowest BCUT2D eigenvalue weighted by molar-refractivity contribution is -0.0704. The van der Waals surface area contributed by atoms with Crippen LogP contribution in [0.2, 0.25) is 0 Å². The van der Waals surface area contributed by atoms with E-state index in [1.165, 1.54) is 5.56 Å². The smallest absolute Gasteiger partial charge is 0.255 e. The number of benzene rings is 2. The van der Waals surface area contributed by atoms with Gasteiger partial charge in [0, 0.05) is 37.4 Å². The number of carbonyl (C=O) groups is 1. The van der Waals surface area contributed by atoms with E-state index in [2.05, 4.69) is 36.3 Å². The van der Waals surface area contributed by atoms with E-state index in [4.69, 9.17) is 4.74 Å². The lowest BCUT2D eigenvalue weighted by Gasteiger charge is -2.35. The van der Waals surface area contributed by atoms with Crippen LogP contribution in [-0.4, -0.2) is 42.6 Å². The fourth-order valence-corrected chi connectivity index (χ4v) is 3.68. The summed E-state index contributed by atoms with van der Waals surface area (Å²) >= 11 is 0. The van der Waals surface area contributed by atoms with Crippen LogP contribution in [0.3, 0.4) is 0 Å². The van der Waals surface area contributed by atoms with Crippen LogP contribution >= 0.6 is 24.8 Å². The predicted octanol–water partition coefficient (Wildman–Crippen LogP) is 4.50. The number of morpholine rings is 1. The van der Waals surface area contributed by atoms with E-state index < -0.39 is 0 Å². The third kappa shape index (κ3) is 7.56. The van der Waals surface area contributed by atoms with Gasteiger partial charge in [-0.15, -0.1) is 24.8 Å². The highest BCUT2D eigenvalue weighted by atomic mass is 35.5. The first-order valence-electron chi connectivity index (χ1n) is 10.1. The highest BCUT2D eigenvalue weighted by Crippen LogP contribution is 2.18. The maximum absolute atomic E-state index is 12.7. The average molecular weight is 454 g/mol. The van der Waals surface area contributed by atoms with Crippen LogP contribution in [0.5, 0.6) is 0 Å². The van der Waals surface area contributed by atoms with Crippen molar-refractivity contribution in [3.63, 3.8) is 0 Å². The monoisotopic (exact) mass is 453 g/mol. The molecule has 0 saturated carbocycles. The number of amides is 1. The molecule has 0 radical (unpaired) electrons. The molecule has 1 aliphatic rings. The minimum Gasteiger partial charge on any atom is -0.373 e. The molecule has 5 nitrogen and oxygen atoms in total. The number of nitrogens with one attached hydrogen (secondary N) is 2. The Morgan fingerprint density at radius 2 is 1.67 bits per heavy atom. The molecule has 3 rings (SSSR count). The molecule has 0 aliphatic carbocycles. The zero-order valence-electron chi connectivity index (χ0n) is 17.9. The van der Waals surface area contributed by atoms with Crippen LogP contribution in [0, 0.1) is 0 Å². The molecule has 2 aromatic rings. The second-order valence-corrected chi connectivity index (χ2v) is 7.54. The number of carbonyl (C=O) groups excluding carboxylic acids is 1. The maximum Gasteiger partial charge on any atom is 0.255 e. The third-order valence-electron chi connectivity index (χ3n) is 4.95. The second kappa shape index (κ2) is 12.9. The highest BCUT2D eigenvalue weighted by Gasteiger charge is 2.22. The summed E-state index contributed by atoms with van der Waals surface area (Å²) in [7, 11) is 0. The van der Waals surface area contributed by atoms with Crippen molar-refractivity contribution < 1.29 is 9.53 Å². The summed E-state index contributed by atoms with van der Waals surface area (Å²) in [6.07, 6.45) is 0.520. The van der Waals surface area contributed by atoms with Crippen molar-refractivity contribution >= 4 is 36.4 Å². The Morgan fingerprint density at radius 1 is 1.03 bits per heavy atom. The molecule has 0 aromatic heterocycles. The number of hydrogen-bond acceptors (Lipinski definition) is 4. The first-order chi connectivity index (χ1) is 13.5. The topological polar surface area (TPSA) is 53.6 Å². The van der Waals surface area contributed by atoms with Crippen molar-refractivity contribution in [2.45, 2.75) is 46.1 Å². The van der Waals surface area contributed by atoms with E-state index >= 15 is 0 Å². The average Bonchev–Trinajstić information content (AvgIpc) is 2.67. The molecule has 0 bridgehead atoms. The summed E-state index contributed by atoms with van der Waals surface area (Å²) in [4.78, 5) is 15.1. The van der Waals surface area contributed by atoms with Gasteiger partial charge in [0.15, 0.2) is 0 Å². The normalized spacial score (nSPS) is 18.8. The summed E-state index contributed by atoms with van der Waals surface area (Å²) < 4.78 is 5.80. The SMILES string of the molecule is CCNCc1ccccc1NC(=O)c1ccc(CN2CC(C)OC(C)C2)cc1.Cl.Cl. The molecule has 1 amide bonds. The van der Waals surface area contributed by atoms with Crippen molar-refractivity contribution in [2.75, 3.05) is 25.0 Å². The van der Waals surface area contributed by atoms with E-state index in [9.17, 15) is 4.79 Å². The van der Waals surface area contributed by atoms with Crippen LogP contribution in [0.25, 0.3) is 0 Å². The fraction of sp³-hybridized carbons (Fsp3) is 0.435. The van der Waals surface area contributed by atoms with E-state index in [1.807, 2.05) is 48.5 Å². The zero-order chi connectivity index (χ0) is 19.9. The van der Waals surface area contributed by atoms with Crippen LogP contribution in [0.4, 0.5) is 5.69 Å². The van der Waals surface area contributed by atoms with Crippen molar-refractivity contribution in [3.05, 3.63) is 65.2 Å².